The minimum absolute atomic E-state index is 0. The van der Waals surface area contributed by atoms with Gasteiger partial charge in [0.15, 0.2) is 5.78 Å². The molecule has 2 aromatic carbocycles. The minimum Gasteiger partial charge on any atom is -0.462 e. The molecule has 4 atom stereocenters. The van der Waals surface area contributed by atoms with Crippen LogP contribution < -0.4 is 4.74 Å². The molecule has 26 heavy (non-hydrogen) atoms. The highest BCUT2D eigenvalue weighted by molar-refractivity contribution is 6.30. The van der Waals surface area contributed by atoms with Crippen LogP contribution in [0.1, 0.15) is 15.9 Å². The van der Waals surface area contributed by atoms with Crippen molar-refractivity contribution in [2.75, 3.05) is 6.61 Å². The van der Waals surface area contributed by atoms with E-state index in [-0.39, 0.29) is 17.9 Å². The van der Waals surface area contributed by atoms with Gasteiger partial charge in [-0.15, -0.1) is 0 Å². The summed E-state index contributed by atoms with van der Waals surface area (Å²) in [6, 6.07) is 12.9. The van der Waals surface area contributed by atoms with Crippen molar-refractivity contribution in [1.29, 1.82) is 0 Å². The van der Waals surface area contributed by atoms with E-state index in [0.717, 1.165) is 0 Å². The van der Waals surface area contributed by atoms with Gasteiger partial charge in [0.05, 0.1) is 6.61 Å². The van der Waals surface area contributed by atoms with Crippen LogP contribution in [0, 0.1) is 0 Å². The first-order chi connectivity index (χ1) is 12.0. The standard InChI is InChI=1S/C18H17ClO6.H2O/c19-12-6-4-10(5-7-12)15(21)11-2-1-3-13(8-11)25-18-17(23)16(22)14(20)9-24-18;/h1-8,14,16-18,20,22-23H,9H2;1H2/t14-,16+,17-,18+;/m1./s1. The van der Waals surface area contributed by atoms with E-state index in [4.69, 9.17) is 21.1 Å². The van der Waals surface area contributed by atoms with E-state index in [1.54, 1.807) is 42.5 Å². The van der Waals surface area contributed by atoms with Crippen molar-refractivity contribution in [3.8, 4) is 5.75 Å². The number of aliphatic hydroxyl groups is 3. The summed E-state index contributed by atoms with van der Waals surface area (Å²) in [5.41, 5.74) is 0.875. The van der Waals surface area contributed by atoms with Crippen LogP contribution in [0.25, 0.3) is 0 Å². The van der Waals surface area contributed by atoms with Crippen LogP contribution in [0.2, 0.25) is 5.02 Å². The number of hydrogen-bond donors (Lipinski definition) is 3. The first kappa shape index (κ1) is 20.3. The lowest BCUT2D eigenvalue weighted by molar-refractivity contribution is -0.242. The van der Waals surface area contributed by atoms with Crippen molar-refractivity contribution in [2.45, 2.75) is 24.6 Å². The van der Waals surface area contributed by atoms with Gasteiger partial charge in [-0.25, -0.2) is 0 Å². The van der Waals surface area contributed by atoms with Crippen molar-refractivity contribution in [3.63, 3.8) is 0 Å². The lowest BCUT2D eigenvalue weighted by Crippen LogP contribution is -2.54. The molecular weight excluding hydrogens is 364 g/mol. The fraction of sp³-hybridized carbons (Fsp3) is 0.278. The summed E-state index contributed by atoms with van der Waals surface area (Å²) in [5, 5.41) is 29.6. The van der Waals surface area contributed by atoms with Gasteiger partial charge in [-0.1, -0.05) is 23.7 Å². The molecule has 0 amide bonds. The lowest BCUT2D eigenvalue weighted by atomic mass is 10.0. The summed E-state index contributed by atoms with van der Waals surface area (Å²) in [6.07, 6.45) is -5.08. The zero-order valence-electron chi connectivity index (χ0n) is 13.6. The molecular formula is C18H19ClO7. The van der Waals surface area contributed by atoms with Gasteiger partial charge in [-0.2, -0.15) is 0 Å². The number of ketones is 1. The van der Waals surface area contributed by atoms with E-state index in [1.807, 2.05) is 0 Å². The molecule has 8 heteroatoms. The SMILES string of the molecule is O.O=C(c1ccc(Cl)cc1)c1cccc(O[C@@H]2OC[C@@H](O)[C@H](O)[C@H]2O)c1. The highest BCUT2D eigenvalue weighted by atomic mass is 35.5. The predicted octanol–water partition coefficient (Wildman–Crippen LogP) is 0.564. The monoisotopic (exact) mass is 382 g/mol. The third kappa shape index (κ3) is 4.39. The van der Waals surface area contributed by atoms with E-state index in [9.17, 15) is 20.1 Å². The number of aliphatic hydroxyl groups excluding tert-OH is 3. The maximum absolute atomic E-state index is 12.5. The average molecular weight is 383 g/mol. The van der Waals surface area contributed by atoms with Gasteiger partial charge in [-0.05, 0) is 36.4 Å². The van der Waals surface area contributed by atoms with Gasteiger partial charge in [-0.3, -0.25) is 4.79 Å². The normalized spacial score (nSPS) is 25.2. The highest BCUT2D eigenvalue weighted by Gasteiger charge is 2.39. The van der Waals surface area contributed by atoms with Crippen LogP contribution in [-0.2, 0) is 4.74 Å². The number of ether oxygens (including phenoxy) is 2. The summed E-state index contributed by atoms with van der Waals surface area (Å²) >= 11 is 5.82. The number of rotatable bonds is 4. The fourth-order valence-corrected chi connectivity index (χ4v) is 2.62. The van der Waals surface area contributed by atoms with Crippen LogP contribution in [-0.4, -0.2) is 57.8 Å². The number of hydrogen-bond acceptors (Lipinski definition) is 6. The van der Waals surface area contributed by atoms with Crippen molar-refractivity contribution >= 4 is 17.4 Å². The largest absolute Gasteiger partial charge is 0.462 e. The Morgan fingerprint density at radius 1 is 1.04 bits per heavy atom. The predicted molar refractivity (Wildman–Crippen MR) is 93.3 cm³/mol. The molecule has 0 unspecified atom stereocenters. The Morgan fingerprint density at radius 3 is 2.42 bits per heavy atom. The highest BCUT2D eigenvalue weighted by Crippen LogP contribution is 2.23. The van der Waals surface area contributed by atoms with E-state index >= 15 is 0 Å². The lowest BCUT2D eigenvalue weighted by Gasteiger charge is -2.34. The molecule has 2 aromatic rings. The number of halogens is 1. The van der Waals surface area contributed by atoms with Crippen molar-refractivity contribution < 1.29 is 35.1 Å². The third-order valence-corrected chi connectivity index (χ3v) is 4.16. The summed E-state index contributed by atoms with van der Waals surface area (Å²) in [7, 11) is 0. The molecule has 0 spiro atoms. The van der Waals surface area contributed by atoms with Gasteiger partial charge in [0.2, 0.25) is 6.29 Å². The van der Waals surface area contributed by atoms with Crippen LogP contribution in [0.4, 0.5) is 0 Å². The van der Waals surface area contributed by atoms with Gasteiger partial charge in [0.1, 0.15) is 24.1 Å². The van der Waals surface area contributed by atoms with Gasteiger partial charge in [0, 0.05) is 16.1 Å². The van der Waals surface area contributed by atoms with Crippen LogP contribution >= 0.6 is 11.6 Å². The van der Waals surface area contributed by atoms with E-state index in [1.165, 1.54) is 6.07 Å². The van der Waals surface area contributed by atoms with E-state index in [0.29, 0.717) is 21.9 Å². The molecule has 0 aromatic heterocycles. The average Bonchev–Trinajstić information content (AvgIpc) is 2.62. The molecule has 1 aliphatic heterocycles. The van der Waals surface area contributed by atoms with Crippen LogP contribution in [0.15, 0.2) is 48.5 Å². The molecule has 5 N–H and O–H groups in total. The summed E-state index contributed by atoms with van der Waals surface area (Å²) in [6.45, 7) is -0.160. The second-order valence-electron chi connectivity index (χ2n) is 5.73. The molecule has 1 fully saturated rings. The second-order valence-corrected chi connectivity index (χ2v) is 6.17. The topological polar surface area (TPSA) is 128 Å². The van der Waals surface area contributed by atoms with Gasteiger partial charge in [0.25, 0.3) is 0 Å². The molecule has 0 aliphatic carbocycles. The molecule has 0 bridgehead atoms. The maximum atomic E-state index is 12.5. The Kier molecular flexibility index (Phi) is 6.71. The smallest absolute Gasteiger partial charge is 0.228 e. The summed E-state index contributed by atoms with van der Waals surface area (Å²) in [4.78, 5) is 12.5. The summed E-state index contributed by atoms with van der Waals surface area (Å²) in [5.74, 6) is 0.0927. The molecule has 7 nitrogen and oxygen atoms in total. The Hall–Kier alpha value is -2.00. The number of carbonyl (C=O) groups excluding carboxylic acids is 1. The molecule has 0 saturated carbocycles. The van der Waals surface area contributed by atoms with E-state index < -0.39 is 24.6 Å². The van der Waals surface area contributed by atoms with Crippen LogP contribution in [0.5, 0.6) is 5.75 Å². The molecule has 1 saturated heterocycles. The molecule has 0 radical (unpaired) electrons. The van der Waals surface area contributed by atoms with Gasteiger partial charge < -0.3 is 30.3 Å². The second kappa shape index (κ2) is 8.59. The first-order valence-corrected chi connectivity index (χ1v) is 8.06. The van der Waals surface area contributed by atoms with Crippen molar-refractivity contribution in [3.05, 3.63) is 64.7 Å². The van der Waals surface area contributed by atoms with Crippen molar-refractivity contribution in [1.82, 2.24) is 0 Å². The first-order valence-electron chi connectivity index (χ1n) is 7.68. The molecule has 140 valence electrons. The quantitative estimate of drug-likeness (QED) is 0.663. The zero-order chi connectivity index (χ0) is 18.0. The molecule has 1 aliphatic rings. The third-order valence-electron chi connectivity index (χ3n) is 3.91. The van der Waals surface area contributed by atoms with Crippen molar-refractivity contribution in [2.24, 2.45) is 0 Å². The van der Waals surface area contributed by atoms with Crippen LogP contribution in [0.3, 0.4) is 0 Å². The fourth-order valence-electron chi connectivity index (χ4n) is 2.50. The number of benzene rings is 2. The maximum Gasteiger partial charge on any atom is 0.228 e. The van der Waals surface area contributed by atoms with Gasteiger partial charge >= 0.3 is 0 Å². The molecule has 1 heterocycles. The summed E-state index contributed by atoms with van der Waals surface area (Å²) < 4.78 is 10.7. The Balaban J connectivity index is 0.00000243. The molecule has 3 rings (SSSR count). The minimum atomic E-state index is -1.40. The Bertz CT molecular complexity index is 749. The Labute approximate surface area is 154 Å². The van der Waals surface area contributed by atoms with E-state index in [2.05, 4.69) is 0 Å². The Morgan fingerprint density at radius 2 is 1.73 bits per heavy atom. The zero-order valence-corrected chi connectivity index (χ0v) is 14.3. The number of carbonyl (C=O) groups is 1.